The van der Waals surface area contributed by atoms with Crippen LogP contribution in [0.25, 0.3) is 90.9 Å². The van der Waals surface area contributed by atoms with Gasteiger partial charge >= 0.3 is 5.97 Å². The molecule has 2 N–H and O–H groups in total. The van der Waals surface area contributed by atoms with Gasteiger partial charge in [0.1, 0.15) is 0 Å². The van der Waals surface area contributed by atoms with E-state index in [0.717, 1.165) is 107 Å². The summed E-state index contributed by atoms with van der Waals surface area (Å²) in [7, 11) is -1.36. The molecule has 0 radical (unpaired) electrons. The highest BCUT2D eigenvalue weighted by molar-refractivity contribution is 6.76. The molecule has 3 aromatic heterocycles. The molecule has 0 saturated carbocycles. The van der Waals surface area contributed by atoms with E-state index in [1.807, 2.05) is 48.5 Å². The topological polar surface area (TPSA) is 83.7 Å². The molecule has 9 rings (SSSR count). The van der Waals surface area contributed by atoms with Gasteiger partial charge in [-0.3, -0.25) is 0 Å². The second-order valence-corrected chi connectivity index (χ2v) is 24.4. The minimum absolute atomic E-state index is 0.00979. The Hall–Kier alpha value is -7.71. The molecule has 65 heavy (non-hydrogen) atoms. The zero-order valence-corrected chi connectivity index (χ0v) is 38.6. The summed E-state index contributed by atoms with van der Waals surface area (Å²) in [6.07, 6.45) is 20.0. The minimum Gasteiger partial charge on any atom is -0.462 e. The SMILES string of the molecule is C#Cc1ccc(-c2c3nc(c(-c4ccc(C(C)(C)C)cc4)c4nc(c(-c5ccc(C#C)cc5)c5ccc([nH]5)c(-c5ccc(C(=O)OCC[Si](C)(C)C)cc5)c5ccc2[nH]5)C=C4)C=C3)cc1. The number of rotatable bonds is 8. The Kier molecular flexibility index (Phi) is 11.2. The molecular weight excluding hydrogens is 813 g/mol. The van der Waals surface area contributed by atoms with Gasteiger partial charge in [0.25, 0.3) is 0 Å². The standard InChI is InChI=1S/C58H50N4O2Si/c1-9-37-11-15-39(16-12-37)53-45-27-31-49(59-45)55(41-19-21-43(22-20-41)57(63)64-35-36-65(6,7)8)50-32-28-46(60-50)54(40-17-13-38(10-2)14-18-40)48-30-34-52(62-48)56(51-33-29-47(53)61-51)42-23-25-44(26-24-42)58(3,4)5/h1-2,11-34,59-60H,35-36H2,3-8H3. The number of fused-ring (bicyclic) bond motifs is 8. The Morgan fingerprint density at radius 1 is 0.538 bits per heavy atom. The molecule has 0 saturated heterocycles. The molecule has 8 bridgehead atoms. The maximum absolute atomic E-state index is 13.2. The summed E-state index contributed by atoms with van der Waals surface area (Å²) in [4.78, 5) is 31.7. The lowest BCUT2D eigenvalue weighted by atomic mass is 9.86. The van der Waals surface area contributed by atoms with Crippen LogP contribution in [-0.2, 0) is 10.2 Å². The van der Waals surface area contributed by atoms with Crippen molar-refractivity contribution in [2.45, 2.75) is 51.9 Å². The molecule has 0 spiro atoms. The predicted octanol–water partition coefficient (Wildman–Crippen LogP) is 14.1. The zero-order valence-electron chi connectivity index (χ0n) is 37.6. The summed E-state index contributed by atoms with van der Waals surface area (Å²) in [6.45, 7) is 13.9. The van der Waals surface area contributed by atoms with Crippen LogP contribution in [0, 0.1) is 24.7 Å². The second-order valence-electron chi connectivity index (χ2n) is 18.8. The molecule has 0 atom stereocenters. The highest BCUT2D eigenvalue weighted by atomic mass is 28.3. The number of nitrogens with zero attached hydrogens (tertiary/aromatic N) is 2. The first kappa shape index (κ1) is 42.6. The van der Waals surface area contributed by atoms with Crippen molar-refractivity contribution in [2.75, 3.05) is 6.61 Å². The summed E-state index contributed by atoms with van der Waals surface area (Å²) in [5, 5.41) is 0. The van der Waals surface area contributed by atoms with Gasteiger partial charge in [-0.05, 0) is 124 Å². The lowest BCUT2D eigenvalue weighted by Gasteiger charge is -2.19. The zero-order chi connectivity index (χ0) is 45.5. The molecule has 7 heteroatoms. The van der Waals surface area contributed by atoms with E-state index < -0.39 is 8.07 Å². The highest BCUT2D eigenvalue weighted by Crippen LogP contribution is 2.39. The second kappa shape index (κ2) is 17.1. The van der Waals surface area contributed by atoms with Crippen molar-refractivity contribution in [1.29, 1.82) is 0 Å². The Morgan fingerprint density at radius 3 is 1.32 bits per heavy atom. The predicted molar refractivity (Wildman–Crippen MR) is 274 cm³/mol. The molecule has 2 aliphatic heterocycles. The van der Waals surface area contributed by atoms with Crippen LogP contribution in [0.1, 0.15) is 70.6 Å². The Balaban J connectivity index is 1.35. The number of hydrogen-bond donors (Lipinski definition) is 2. The average molecular weight is 863 g/mol. The quantitative estimate of drug-likeness (QED) is 0.0905. The summed E-state index contributed by atoms with van der Waals surface area (Å²) >= 11 is 0. The molecule has 5 heterocycles. The van der Waals surface area contributed by atoms with Crippen molar-refractivity contribution in [3.05, 3.63) is 166 Å². The lowest BCUT2D eigenvalue weighted by molar-refractivity contribution is 0.0525. The lowest BCUT2D eigenvalue weighted by Crippen LogP contribution is -2.22. The third-order valence-electron chi connectivity index (χ3n) is 12.0. The van der Waals surface area contributed by atoms with Crippen molar-refractivity contribution < 1.29 is 9.53 Å². The maximum atomic E-state index is 13.2. The molecular formula is C58H50N4O2Si. The van der Waals surface area contributed by atoms with Gasteiger partial charge in [0.15, 0.2) is 0 Å². The molecule has 4 aromatic carbocycles. The molecule has 0 aliphatic carbocycles. The van der Waals surface area contributed by atoms with Crippen LogP contribution < -0.4 is 0 Å². The van der Waals surface area contributed by atoms with E-state index in [-0.39, 0.29) is 11.4 Å². The first-order chi connectivity index (χ1) is 31.3. The molecule has 7 aromatic rings. The molecule has 2 aliphatic rings. The number of aromatic amines is 2. The Morgan fingerprint density at radius 2 is 0.908 bits per heavy atom. The molecule has 0 amide bonds. The van der Waals surface area contributed by atoms with E-state index in [1.165, 1.54) is 5.56 Å². The number of H-pyrrole nitrogens is 2. The van der Waals surface area contributed by atoms with Gasteiger partial charge in [-0.15, -0.1) is 12.8 Å². The first-order valence-corrected chi connectivity index (χ1v) is 25.7. The van der Waals surface area contributed by atoms with Crippen LogP contribution in [0.5, 0.6) is 0 Å². The van der Waals surface area contributed by atoms with Crippen LogP contribution >= 0.6 is 0 Å². The van der Waals surface area contributed by atoms with Gasteiger partial charge in [-0.2, -0.15) is 0 Å². The Bertz CT molecular complexity index is 3150. The van der Waals surface area contributed by atoms with Gasteiger partial charge < -0.3 is 14.7 Å². The van der Waals surface area contributed by atoms with Crippen molar-refractivity contribution in [1.82, 2.24) is 19.9 Å². The van der Waals surface area contributed by atoms with E-state index in [4.69, 9.17) is 27.6 Å². The van der Waals surface area contributed by atoms with Gasteiger partial charge in [-0.1, -0.05) is 113 Å². The fourth-order valence-electron chi connectivity index (χ4n) is 8.33. The number of nitrogens with one attached hydrogen (secondary N) is 2. The van der Waals surface area contributed by atoms with Gasteiger partial charge in [-0.25, -0.2) is 14.8 Å². The summed E-state index contributed by atoms with van der Waals surface area (Å²) < 4.78 is 5.71. The summed E-state index contributed by atoms with van der Waals surface area (Å²) in [6, 6.07) is 41.8. The van der Waals surface area contributed by atoms with Gasteiger partial charge in [0.05, 0.1) is 34.9 Å². The van der Waals surface area contributed by atoms with Crippen LogP contribution in [-0.4, -0.2) is 40.6 Å². The Labute approximate surface area is 382 Å². The normalized spacial score (nSPS) is 12.2. The van der Waals surface area contributed by atoms with Crippen molar-refractivity contribution >= 4 is 60.4 Å². The number of carbonyl (C=O) groups is 1. The fraction of sp³-hybridized carbons (Fsp3) is 0.155. The molecule has 0 unspecified atom stereocenters. The fourth-order valence-corrected chi connectivity index (χ4v) is 9.04. The van der Waals surface area contributed by atoms with Crippen LogP contribution in [0.3, 0.4) is 0 Å². The third-order valence-corrected chi connectivity index (χ3v) is 13.7. The van der Waals surface area contributed by atoms with E-state index in [1.54, 1.807) is 0 Å². The van der Waals surface area contributed by atoms with Crippen LogP contribution in [0.2, 0.25) is 25.7 Å². The summed E-state index contributed by atoms with van der Waals surface area (Å²) in [5.74, 6) is 5.20. The molecule has 6 nitrogen and oxygen atoms in total. The third kappa shape index (κ3) is 8.80. The van der Waals surface area contributed by atoms with E-state index >= 15 is 0 Å². The number of hydrogen-bond acceptors (Lipinski definition) is 4. The molecule has 0 fully saturated rings. The van der Waals surface area contributed by atoms with E-state index in [2.05, 4.69) is 159 Å². The number of carbonyl (C=O) groups excluding carboxylic acids is 1. The van der Waals surface area contributed by atoms with E-state index in [0.29, 0.717) is 12.2 Å². The van der Waals surface area contributed by atoms with Crippen molar-refractivity contribution in [3.63, 3.8) is 0 Å². The van der Waals surface area contributed by atoms with E-state index in [9.17, 15) is 4.79 Å². The smallest absolute Gasteiger partial charge is 0.338 e. The van der Waals surface area contributed by atoms with Crippen LogP contribution in [0.15, 0.2) is 121 Å². The number of aromatic nitrogens is 4. The number of terminal acetylenes is 2. The number of ether oxygens (including phenoxy) is 1. The highest BCUT2D eigenvalue weighted by Gasteiger charge is 2.21. The minimum atomic E-state index is -1.36. The largest absolute Gasteiger partial charge is 0.462 e. The average Bonchev–Trinajstić information content (AvgIpc) is 4.15. The van der Waals surface area contributed by atoms with Crippen molar-refractivity contribution in [3.8, 4) is 69.2 Å². The van der Waals surface area contributed by atoms with Gasteiger partial charge in [0.2, 0.25) is 0 Å². The molecule has 318 valence electrons. The maximum Gasteiger partial charge on any atom is 0.338 e. The van der Waals surface area contributed by atoms with Gasteiger partial charge in [0, 0.05) is 63.5 Å². The number of esters is 1. The first-order valence-electron chi connectivity index (χ1n) is 22.0. The van der Waals surface area contributed by atoms with Crippen molar-refractivity contribution in [2.24, 2.45) is 0 Å². The summed E-state index contributed by atoms with van der Waals surface area (Å²) in [5.41, 5.74) is 17.6. The number of benzene rings is 4. The van der Waals surface area contributed by atoms with Crippen LogP contribution in [0.4, 0.5) is 0 Å². The monoisotopic (exact) mass is 862 g/mol.